The number of halogens is 4. The average molecular weight is 250 g/mol. The molecule has 0 N–H and O–H groups in total. The SMILES string of the molecule is CC(C)(C)C(=O)Oc1c(F)c(F)cc(F)c1F. The van der Waals surface area contributed by atoms with Crippen molar-refractivity contribution in [3.05, 3.63) is 29.3 Å². The van der Waals surface area contributed by atoms with Crippen molar-refractivity contribution in [3.8, 4) is 5.75 Å². The van der Waals surface area contributed by atoms with E-state index in [9.17, 15) is 22.4 Å². The molecule has 17 heavy (non-hydrogen) atoms. The highest BCUT2D eigenvalue weighted by Gasteiger charge is 2.28. The van der Waals surface area contributed by atoms with Gasteiger partial charge in [-0.25, -0.2) is 8.78 Å². The average Bonchev–Trinajstić information content (AvgIpc) is 2.20. The van der Waals surface area contributed by atoms with Crippen LogP contribution < -0.4 is 4.74 Å². The van der Waals surface area contributed by atoms with Crippen molar-refractivity contribution in [2.24, 2.45) is 5.41 Å². The molecule has 0 heterocycles. The second-order valence-corrected chi connectivity index (χ2v) is 4.44. The zero-order valence-electron chi connectivity index (χ0n) is 9.41. The van der Waals surface area contributed by atoms with Crippen molar-refractivity contribution in [3.63, 3.8) is 0 Å². The molecule has 0 saturated heterocycles. The fourth-order valence-electron chi connectivity index (χ4n) is 0.887. The van der Waals surface area contributed by atoms with Gasteiger partial charge in [0.1, 0.15) is 0 Å². The van der Waals surface area contributed by atoms with Crippen molar-refractivity contribution in [1.29, 1.82) is 0 Å². The fraction of sp³-hybridized carbons (Fsp3) is 0.364. The molecule has 0 amide bonds. The summed E-state index contributed by atoms with van der Waals surface area (Å²) in [7, 11) is 0. The molecule has 1 rings (SSSR count). The van der Waals surface area contributed by atoms with Gasteiger partial charge >= 0.3 is 5.97 Å². The number of hydrogen-bond acceptors (Lipinski definition) is 2. The molecule has 0 unspecified atom stereocenters. The van der Waals surface area contributed by atoms with Crippen LogP contribution in [-0.2, 0) is 4.79 Å². The number of ether oxygens (including phenoxy) is 1. The maximum atomic E-state index is 13.1. The Morgan fingerprint density at radius 1 is 1.06 bits per heavy atom. The first-order chi connectivity index (χ1) is 7.64. The molecule has 6 heteroatoms. The van der Waals surface area contributed by atoms with Gasteiger partial charge in [-0.1, -0.05) is 0 Å². The van der Waals surface area contributed by atoms with Crippen LogP contribution in [0, 0.1) is 28.7 Å². The Morgan fingerprint density at radius 3 is 1.82 bits per heavy atom. The third-order valence-electron chi connectivity index (χ3n) is 1.88. The van der Waals surface area contributed by atoms with Crippen LogP contribution in [0.1, 0.15) is 20.8 Å². The predicted molar refractivity (Wildman–Crippen MR) is 51.4 cm³/mol. The number of carbonyl (C=O) groups excluding carboxylic acids is 1. The highest BCUT2D eigenvalue weighted by molar-refractivity contribution is 5.77. The molecule has 0 aromatic heterocycles. The first-order valence-corrected chi connectivity index (χ1v) is 4.70. The van der Waals surface area contributed by atoms with Crippen molar-refractivity contribution < 1.29 is 27.1 Å². The van der Waals surface area contributed by atoms with Gasteiger partial charge in [-0.05, 0) is 20.8 Å². The number of benzene rings is 1. The molecule has 0 spiro atoms. The second-order valence-electron chi connectivity index (χ2n) is 4.44. The first-order valence-electron chi connectivity index (χ1n) is 4.70. The first kappa shape index (κ1) is 13.5. The molecule has 94 valence electrons. The van der Waals surface area contributed by atoms with E-state index >= 15 is 0 Å². The quantitative estimate of drug-likeness (QED) is 0.331. The largest absolute Gasteiger partial charge is 0.420 e. The van der Waals surface area contributed by atoms with E-state index in [2.05, 4.69) is 4.74 Å². The Balaban J connectivity index is 3.20. The minimum Gasteiger partial charge on any atom is -0.420 e. The van der Waals surface area contributed by atoms with E-state index in [0.29, 0.717) is 0 Å². The van der Waals surface area contributed by atoms with Crippen molar-refractivity contribution >= 4 is 5.97 Å². The molecule has 0 bridgehead atoms. The van der Waals surface area contributed by atoms with E-state index in [1.165, 1.54) is 20.8 Å². The monoisotopic (exact) mass is 250 g/mol. The zero-order valence-corrected chi connectivity index (χ0v) is 9.41. The van der Waals surface area contributed by atoms with Gasteiger partial charge in [0.25, 0.3) is 0 Å². The van der Waals surface area contributed by atoms with Crippen molar-refractivity contribution in [2.45, 2.75) is 20.8 Å². The normalized spacial score (nSPS) is 11.5. The maximum absolute atomic E-state index is 13.1. The molecule has 0 fully saturated rings. The topological polar surface area (TPSA) is 26.3 Å². The van der Waals surface area contributed by atoms with Gasteiger partial charge in [-0.15, -0.1) is 0 Å². The van der Waals surface area contributed by atoms with E-state index < -0.39 is 40.4 Å². The molecule has 0 aliphatic carbocycles. The molecule has 0 aliphatic rings. The molecule has 0 radical (unpaired) electrons. The third kappa shape index (κ3) is 2.75. The number of rotatable bonds is 1. The third-order valence-corrected chi connectivity index (χ3v) is 1.88. The summed E-state index contributed by atoms with van der Waals surface area (Å²) < 4.78 is 56.2. The number of carbonyl (C=O) groups is 1. The van der Waals surface area contributed by atoms with Crippen LogP contribution in [0.4, 0.5) is 17.6 Å². The van der Waals surface area contributed by atoms with Crippen molar-refractivity contribution in [2.75, 3.05) is 0 Å². The van der Waals surface area contributed by atoms with E-state index in [1.54, 1.807) is 0 Å². The summed E-state index contributed by atoms with van der Waals surface area (Å²) in [6.07, 6.45) is 0. The smallest absolute Gasteiger partial charge is 0.316 e. The van der Waals surface area contributed by atoms with Crippen molar-refractivity contribution in [1.82, 2.24) is 0 Å². The molecule has 0 atom stereocenters. The second kappa shape index (κ2) is 4.35. The van der Waals surface area contributed by atoms with Crippen LogP contribution in [0.25, 0.3) is 0 Å². The van der Waals surface area contributed by atoms with Crippen LogP contribution in [0.2, 0.25) is 0 Å². The lowest BCUT2D eigenvalue weighted by atomic mass is 9.97. The van der Waals surface area contributed by atoms with E-state index in [4.69, 9.17) is 0 Å². The van der Waals surface area contributed by atoms with Crippen LogP contribution >= 0.6 is 0 Å². The lowest BCUT2D eigenvalue weighted by molar-refractivity contribution is -0.143. The molecule has 2 nitrogen and oxygen atoms in total. The van der Waals surface area contributed by atoms with Gasteiger partial charge in [0, 0.05) is 6.07 Å². The summed E-state index contributed by atoms with van der Waals surface area (Å²) in [6.45, 7) is 4.29. The number of hydrogen-bond donors (Lipinski definition) is 0. The van der Waals surface area contributed by atoms with E-state index in [0.717, 1.165) is 0 Å². The Labute approximate surface area is 95.2 Å². The minimum absolute atomic E-state index is 0.0408. The Hall–Kier alpha value is -1.59. The van der Waals surface area contributed by atoms with Gasteiger partial charge in [0.05, 0.1) is 5.41 Å². The summed E-state index contributed by atoms with van der Waals surface area (Å²) in [4.78, 5) is 11.4. The molecule has 1 aromatic carbocycles. The van der Waals surface area contributed by atoms with Crippen LogP contribution in [0.15, 0.2) is 6.07 Å². The fourth-order valence-corrected chi connectivity index (χ4v) is 0.887. The summed E-state index contributed by atoms with van der Waals surface area (Å²) in [5, 5.41) is 0. The Kier molecular flexibility index (Phi) is 3.45. The van der Waals surface area contributed by atoms with Gasteiger partial charge in [0.15, 0.2) is 11.6 Å². The molecular formula is C11H10F4O2. The van der Waals surface area contributed by atoms with Gasteiger partial charge in [-0.3, -0.25) is 4.79 Å². The molecule has 0 saturated carbocycles. The highest BCUT2D eigenvalue weighted by atomic mass is 19.2. The number of esters is 1. The molecule has 1 aromatic rings. The minimum atomic E-state index is -1.73. The molecule has 0 aliphatic heterocycles. The summed E-state index contributed by atoms with van der Waals surface area (Å²) in [5.41, 5.74) is -1.05. The Morgan fingerprint density at radius 2 is 1.47 bits per heavy atom. The van der Waals surface area contributed by atoms with Crippen LogP contribution in [0.5, 0.6) is 5.75 Å². The highest BCUT2D eigenvalue weighted by Crippen LogP contribution is 2.28. The Bertz CT molecular complexity index is 437. The summed E-state index contributed by atoms with van der Waals surface area (Å²) in [6, 6.07) is 0.0408. The van der Waals surface area contributed by atoms with E-state index in [1.807, 2.05) is 0 Å². The standard InChI is InChI=1S/C11H10F4O2/c1-11(2,3)10(16)17-9-7(14)5(12)4-6(13)8(9)15/h4H,1-3H3. The van der Waals surface area contributed by atoms with E-state index in [-0.39, 0.29) is 6.07 Å². The van der Waals surface area contributed by atoms with Gasteiger partial charge < -0.3 is 4.74 Å². The molecular weight excluding hydrogens is 240 g/mol. The zero-order chi connectivity index (χ0) is 13.4. The summed E-state index contributed by atoms with van der Waals surface area (Å²) >= 11 is 0. The maximum Gasteiger partial charge on any atom is 0.316 e. The summed E-state index contributed by atoms with van der Waals surface area (Å²) in [5.74, 6) is -9.08. The van der Waals surface area contributed by atoms with Crippen LogP contribution in [-0.4, -0.2) is 5.97 Å². The lowest BCUT2D eigenvalue weighted by Crippen LogP contribution is -2.26. The van der Waals surface area contributed by atoms with Gasteiger partial charge in [0.2, 0.25) is 17.4 Å². The lowest BCUT2D eigenvalue weighted by Gasteiger charge is -2.17. The predicted octanol–water partition coefficient (Wildman–Crippen LogP) is 3.19. The van der Waals surface area contributed by atoms with Gasteiger partial charge in [-0.2, -0.15) is 8.78 Å². The van der Waals surface area contributed by atoms with Crippen LogP contribution in [0.3, 0.4) is 0 Å².